The third kappa shape index (κ3) is 4.67. The fourth-order valence-corrected chi connectivity index (χ4v) is 4.65. The average molecular weight is 433 g/mol. The summed E-state index contributed by atoms with van der Waals surface area (Å²) in [5, 5.41) is 8.46. The first kappa shape index (κ1) is 20.9. The van der Waals surface area contributed by atoms with E-state index in [4.69, 9.17) is 4.74 Å². The topological polar surface area (TPSA) is 84.4 Å². The molecule has 1 aromatic heterocycles. The number of carbonyl (C=O) groups excluding carboxylic acids is 2. The lowest BCUT2D eigenvalue weighted by Gasteiger charge is -2.33. The minimum absolute atomic E-state index is 0.0485. The van der Waals surface area contributed by atoms with Crippen LogP contribution in [0.25, 0.3) is 0 Å². The first-order chi connectivity index (χ1) is 14.6. The van der Waals surface area contributed by atoms with Gasteiger partial charge in [-0.05, 0) is 43.3 Å². The molecule has 0 spiro atoms. The quantitative estimate of drug-likeness (QED) is 0.727. The van der Waals surface area contributed by atoms with Crippen molar-refractivity contribution in [3.05, 3.63) is 46.7 Å². The highest BCUT2D eigenvalue weighted by atomic mass is 32.1. The number of amides is 2. The predicted molar refractivity (Wildman–Crippen MR) is 109 cm³/mol. The van der Waals surface area contributed by atoms with Gasteiger partial charge in [0.15, 0.2) is 5.69 Å². The molecule has 2 fully saturated rings. The van der Waals surface area contributed by atoms with E-state index in [-0.39, 0.29) is 35.9 Å². The highest BCUT2D eigenvalue weighted by molar-refractivity contribution is 7.03. The highest BCUT2D eigenvalue weighted by Gasteiger charge is 2.37. The van der Waals surface area contributed by atoms with Crippen LogP contribution in [0.3, 0.4) is 0 Å². The average Bonchev–Trinajstić information content (AvgIpc) is 3.52. The number of halogens is 1. The first-order valence-electron chi connectivity index (χ1n) is 10.4. The molecular formula is C21H25FN4O3S. The molecule has 2 heterocycles. The van der Waals surface area contributed by atoms with E-state index < -0.39 is 17.8 Å². The van der Waals surface area contributed by atoms with Crippen molar-refractivity contribution in [3.8, 4) is 0 Å². The smallest absolute Gasteiger partial charge is 0.276 e. The molecule has 1 aromatic carbocycles. The number of nitrogens with zero attached hydrogens (tertiary/aromatic N) is 3. The zero-order valence-electron chi connectivity index (χ0n) is 16.6. The van der Waals surface area contributed by atoms with Crippen molar-refractivity contribution in [3.63, 3.8) is 0 Å². The molecule has 2 amide bonds. The Labute approximate surface area is 178 Å². The first-order valence-corrected chi connectivity index (χ1v) is 11.2. The van der Waals surface area contributed by atoms with Crippen molar-refractivity contribution in [2.75, 3.05) is 13.2 Å². The van der Waals surface area contributed by atoms with E-state index in [9.17, 15) is 14.0 Å². The second-order valence-corrected chi connectivity index (χ2v) is 8.41. The number of benzene rings is 1. The molecule has 1 aliphatic heterocycles. The molecule has 2 aromatic rings. The summed E-state index contributed by atoms with van der Waals surface area (Å²) in [6.07, 6.45) is 5.37. The molecule has 1 aliphatic carbocycles. The minimum Gasteiger partial charge on any atom is -0.376 e. The van der Waals surface area contributed by atoms with Crippen LogP contribution in [-0.4, -0.2) is 51.6 Å². The zero-order chi connectivity index (χ0) is 20.9. The number of aromatic nitrogens is 2. The van der Waals surface area contributed by atoms with Gasteiger partial charge >= 0.3 is 0 Å². The molecule has 4 rings (SSSR count). The Hall–Kier alpha value is -2.39. The van der Waals surface area contributed by atoms with E-state index in [1.165, 1.54) is 16.3 Å². The molecule has 30 heavy (non-hydrogen) atoms. The van der Waals surface area contributed by atoms with Crippen LogP contribution in [0.15, 0.2) is 29.6 Å². The summed E-state index contributed by atoms with van der Waals surface area (Å²) in [7, 11) is 0. The Morgan fingerprint density at radius 2 is 2.03 bits per heavy atom. The minimum atomic E-state index is -1.11. The maximum Gasteiger partial charge on any atom is 0.276 e. The lowest BCUT2D eigenvalue weighted by molar-refractivity contribution is -0.127. The van der Waals surface area contributed by atoms with E-state index in [1.807, 2.05) is 0 Å². The van der Waals surface area contributed by atoms with Gasteiger partial charge in [-0.25, -0.2) is 4.39 Å². The lowest BCUT2D eigenvalue weighted by atomic mass is 10.0. The number of hydrogen-bond acceptors (Lipinski definition) is 6. The standard InChI is InChI=1S/C21H25FN4O3S/c22-17-10-4-3-9-16(17)19(20(27)23-14-6-1-2-7-14)26(12-15-8-5-11-29-15)21(28)18-13-30-25-24-18/h3-4,9-10,13-15,19H,1-2,5-8,11-12H2,(H,23,27). The maximum absolute atomic E-state index is 14.8. The van der Waals surface area contributed by atoms with Crippen molar-refractivity contribution < 1.29 is 18.7 Å². The summed E-state index contributed by atoms with van der Waals surface area (Å²) >= 11 is 1.06. The fraction of sp³-hybridized carbons (Fsp3) is 0.524. The molecule has 1 N–H and O–H groups in total. The van der Waals surface area contributed by atoms with Gasteiger partial charge in [-0.15, -0.1) is 5.10 Å². The molecule has 2 unspecified atom stereocenters. The van der Waals surface area contributed by atoms with E-state index in [0.29, 0.717) is 6.61 Å². The van der Waals surface area contributed by atoms with Crippen LogP contribution in [-0.2, 0) is 9.53 Å². The van der Waals surface area contributed by atoms with Crippen LogP contribution in [0.2, 0.25) is 0 Å². The Bertz CT molecular complexity index is 867. The Kier molecular flexibility index (Phi) is 6.69. The molecular weight excluding hydrogens is 407 g/mol. The lowest BCUT2D eigenvalue weighted by Crippen LogP contribution is -2.48. The van der Waals surface area contributed by atoms with Gasteiger partial charge in [-0.1, -0.05) is 35.5 Å². The van der Waals surface area contributed by atoms with Gasteiger partial charge in [-0.2, -0.15) is 0 Å². The number of hydrogen-bond donors (Lipinski definition) is 1. The van der Waals surface area contributed by atoms with Crippen molar-refractivity contribution >= 4 is 23.3 Å². The van der Waals surface area contributed by atoms with Gasteiger partial charge in [0.1, 0.15) is 11.9 Å². The van der Waals surface area contributed by atoms with Crippen molar-refractivity contribution in [1.29, 1.82) is 0 Å². The molecule has 0 bridgehead atoms. The zero-order valence-corrected chi connectivity index (χ0v) is 17.4. The van der Waals surface area contributed by atoms with Crippen LogP contribution in [0.1, 0.15) is 60.6 Å². The molecule has 160 valence electrons. The van der Waals surface area contributed by atoms with E-state index >= 15 is 0 Å². The SMILES string of the molecule is O=C(NC1CCCC1)C(c1ccccc1F)N(CC1CCCO1)C(=O)c1csnn1. The van der Waals surface area contributed by atoms with E-state index in [1.54, 1.807) is 18.2 Å². The van der Waals surface area contributed by atoms with Gasteiger partial charge in [0.25, 0.3) is 5.91 Å². The van der Waals surface area contributed by atoms with Gasteiger partial charge < -0.3 is 15.0 Å². The fourth-order valence-electron chi connectivity index (χ4n) is 4.22. The Morgan fingerprint density at radius 3 is 2.70 bits per heavy atom. The largest absolute Gasteiger partial charge is 0.376 e. The van der Waals surface area contributed by atoms with E-state index in [0.717, 1.165) is 50.1 Å². The molecule has 0 radical (unpaired) electrons. The number of ether oxygens (including phenoxy) is 1. The maximum atomic E-state index is 14.8. The van der Waals surface area contributed by atoms with Gasteiger partial charge in [0, 0.05) is 30.1 Å². The summed E-state index contributed by atoms with van der Waals surface area (Å²) < 4.78 is 24.3. The van der Waals surface area contributed by atoms with Crippen molar-refractivity contribution in [1.82, 2.24) is 19.8 Å². The molecule has 7 nitrogen and oxygen atoms in total. The van der Waals surface area contributed by atoms with E-state index in [2.05, 4.69) is 14.9 Å². The second kappa shape index (κ2) is 9.61. The molecule has 9 heteroatoms. The molecule has 1 saturated heterocycles. The molecule has 2 atom stereocenters. The third-order valence-corrected chi connectivity index (χ3v) is 6.23. The van der Waals surface area contributed by atoms with Crippen LogP contribution in [0.4, 0.5) is 4.39 Å². The Balaban J connectivity index is 1.69. The summed E-state index contributed by atoms with van der Waals surface area (Å²) in [4.78, 5) is 28.1. The molecule has 2 aliphatic rings. The Morgan fingerprint density at radius 1 is 1.23 bits per heavy atom. The van der Waals surface area contributed by atoms with Gasteiger partial charge in [0.2, 0.25) is 5.91 Å². The van der Waals surface area contributed by atoms with Crippen LogP contribution in [0, 0.1) is 5.82 Å². The monoisotopic (exact) mass is 432 g/mol. The van der Waals surface area contributed by atoms with Crippen LogP contribution in [0.5, 0.6) is 0 Å². The summed E-state index contributed by atoms with van der Waals surface area (Å²) in [5.41, 5.74) is 0.315. The molecule has 1 saturated carbocycles. The van der Waals surface area contributed by atoms with Gasteiger partial charge in [-0.3, -0.25) is 9.59 Å². The number of rotatable bonds is 7. The third-order valence-electron chi connectivity index (χ3n) is 5.73. The predicted octanol–water partition coefficient (Wildman–Crippen LogP) is 3.10. The highest BCUT2D eigenvalue weighted by Crippen LogP contribution is 2.29. The second-order valence-electron chi connectivity index (χ2n) is 7.80. The van der Waals surface area contributed by atoms with Gasteiger partial charge in [0.05, 0.1) is 6.10 Å². The summed E-state index contributed by atoms with van der Waals surface area (Å²) in [6, 6.07) is 5.06. The van der Waals surface area contributed by atoms with Crippen molar-refractivity contribution in [2.24, 2.45) is 0 Å². The van der Waals surface area contributed by atoms with Crippen molar-refractivity contribution in [2.45, 2.75) is 56.7 Å². The van der Waals surface area contributed by atoms with Crippen LogP contribution >= 0.6 is 11.5 Å². The van der Waals surface area contributed by atoms with Crippen LogP contribution < -0.4 is 5.32 Å². The normalized spacial score (nSPS) is 20.2. The number of nitrogens with one attached hydrogen (secondary N) is 1. The number of carbonyl (C=O) groups is 2. The summed E-state index contributed by atoms with van der Waals surface area (Å²) in [5.74, 6) is -1.35. The summed E-state index contributed by atoms with van der Waals surface area (Å²) in [6.45, 7) is 0.803.